The predicted octanol–water partition coefficient (Wildman–Crippen LogP) is 4.38. The Hall–Kier alpha value is -2.61. The van der Waals surface area contributed by atoms with Crippen LogP contribution in [0.15, 0.2) is 42.7 Å². The number of alkyl halides is 3. The molecule has 2 aromatic heterocycles. The van der Waals surface area contributed by atoms with E-state index >= 15 is 0 Å². The quantitative estimate of drug-likeness (QED) is 0.603. The molecule has 150 valence electrons. The van der Waals surface area contributed by atoms with Gasteiger partial charge in [0.1, 0.15) is 5.82 Å². The normalized spacial score (nSPS) is 14.8. The van der Waals surface area contributed by atoms with Crippen molar-refractivity contribution in [1.82, 2.24) is 20.2 Å². The summed E-state index contributed by atoms with van der Waals surface area (Å²) in [5.41, 5.74) is -1.41. The minimum absolute atomic E-state index is 0.0467. The zero-order valence-electron chi connectivity index (χ0n) is 15.9. The summed E-state index contributed by atoms with van der Waals surface area (Å²) in [5, 5.41) is 17.3. The lowest BCUT2D eigenvalue weighted by Crippen LogP contribution is -2.44. The summed E-state index contributed by atoms with van der Waals surface area (Å²) in [7, 11) is 0. The summed E-state index contributed by atoms with van der Waals surface area (Å²) in [5.74, 6) is 0.0930. The fourth-order valence-electron chi connectivity index (χ4n) is 3.08. The Morgan fingerprint density at radius 2 is 1.68 bits per heavy atom. The molecule has 0 aliphatic heterocycles. The Bertz CT molecular complexity index is 908. The molecule has 0 bridgehead atoms. The number of benzene rings is 1. The van der Waals surface area contributed by atoms with E-state index in [0.717, 1.165) is 0 Å². The van der Waals surface area contributed by atoms with E-state index < -0.39 is 18.2 Å². The number of H-pyrrole nitrogens is 2. The molecular weight excluding hydrogens is 369 g/mol. The highest BCUT2D eigenvalue weighted by Gasteiger charge is 2.55. The summed E-state index contributed by atoms with van der Waals surface area (Å²) in [6, 6.07) is 7.28. The number of aliphatic hydroxyl groups is 1. The minimum atomic E-state index is -4.86. The van der Waals surface area contributed by atoms with Crippen LogP contribution in [0.25, 0.3) is 11.3 Å². The molecule has 5 nitrogen and oxygen atoms in total. The lowest BCUT2D eigenvalue weighted by Gasteiger charge is -2.30. The van der Waals surface area contributed by atoms with Crippen molar-refractivity contribution in [2.75, 3.05) is 0 Å². The molecule has 0 fully saturated rings. The molecule has 0 aliphatic carbocycles. The highest BCUT2D eigenvalue weighted by molar-refractivity contribution is 5.59. The highest BCUT2D eigenvalue weighted by atomic mass is 19.4. The van der Waals surface area contributed by atoms with Crippen LogP contribution in [0.2, 0.25) is 0 Å². The van der Waals surface area contributed by atoms with Gasteiger partial charge in [0.15, 0.2) is 5.60 Å². The van der Waals surface area contributed by atoms with E-state index in [0.29, 0.717) is 23.4 Å². The number of rotatable bonds is 5. The van der Waals surface area contributed by atoms with Crippen molar-refractivity contribution >= 4 is 0 Å². The largest absolute Gasteiger partial charge is 0.421 e. The van der Waals surface area contributed by atoms with Crippen molar-refractivity contribution in [2.24, 2.45) is 5.41 Å². The zero-order chi connectivity index (χ0) is 20.6. The average molecular weight is 392 g/mol. The summed E-state index contributed by atoms with van der Waals surface area (Å²) < 4.78 is 41.5. The number of hydrogen-bond donors (Lipinski definition) is 3. The van der Waals surface area contributed by atoms with Crippen LogP contribution in [-0.4, -0.2) is 31.4 Å². The molecule has 3 N–H and O–H groups in total. The smallest absolute Gasteiger partial charge is 0.376 e. The number of nitrogens with zero attached hydrogens (tertiary/aromatic N) is 2. The maximum absolute atomic E-state index is 13.8. The Morgan fingerprint density at radius 1 is 1.00 bits per heavy atom. The molecule has 0 radical (unpaired) electrons. The van der Waals surface area contributed by atoms with Crippen LogP contribution in [0.1, 0.15) is 37.9 Å². The van der Waals surface area contributed by atoms with Gasteiger partial charge in [0, 0.05) is 24.4 Å². The number of hydrogen-bond acceptors (Lipinski definition) is 3. The fraction of sp³-hybridized carbons (Fsp3) is 0.400. The van der Waals surface area contributed by atoms with Crippen LogP contribution in [0.3, 0.4) is 0 Å². The van der Waals surface area contributed by atoms with E-state index in [9.17, 15) is 18.3 Å². The van der Waals surface area contributed by atoms with Crippen LogP contribution < -0.4 is 0 Å². The molecule has 3 rings (SSSR count). The van der Waals surface area contributed by atoms with Crippen molar-refractivity contribution in [2.45, 2.75) is 45.4 Å². The fourth-order valence-corrected chi connectivity index (χ4v) is 3.08. The Labute approximate surface area is 161 Å². The molecule has 3 aromatic rings. The molecule has 28 heavy (non-hydrogen) atoms. The second-order valence-electron chi connectivity index (χ2n) is 8.15. The zero-order valence-corrected chi connectivity index (χ0v) is 15.9. The first-order chi connectivity index (χ1) is 13.0. The van der Waals surface area contributed by atoms with Crippen molar-refractivity contribution in [3.05, 3.63) is 59.8 Å². The van der Waals surface area contributed by atoms with Gasteiger partial charge in [-0.15, -0.1) is 0 Å². The molecule has 1 atom stereocenters. The number of halogens is 3. The van der Waals surface area contributed by atoms with Gasteiger partial charge in [-0.1, -0.05) is 45.0 Å². The van der Waals surface area contributed by atoms with Crippen LogP contribution in [0, 0.1) is 5.41 Å². The molecular formula is C20H23F3N4O. The first-order valence-corrected chi connectivity index (χ1v) is 8.91. The molecule has 0 saturated heterocycles. The van der Waals surface area contributed by atoms with Gasteiger partial charge in [-0.25, -0.2) is 4.98 Å². The van der Waals surface area contributed by atoms with Crippen LogP contribution in [0.5, 0.6) is 0 Å². The Kier molecular flexibility index (Phi) is 5.10. The van der Waals surface area contributed by atoms with Gasteiger partial charge in [0.05, 0.1) is 11.4 Å². The van der Waals surface area contributed by atoms with Gasteiger partial charge in [-0.05, 0) is 23.5 Å². The van der Waals surface area contributed by atoms with E-state index in [-0.39, 0.29) is 16.8 Å². The Balaban J connectivity index is 1.89. The summed E-state index contributed by atoms with van der Waals surface area (Å²) >= 11 is 0. The third kappa shape index (κ3) is 4.27. The second kappa shape index (κ2) is 7.09. The number of aromatic amines is 2. The van der Waals surface area contributed by atoms with E-state index in [4.69, 9.17) is 0 Å². The first-order valence-electron chi connectivity index (χ1n) is 8.91. The standard InChI is InChI=1S/C20H23F3N4O/c1-18(2,3)10-15-12-24-17(26-15)11-19(28,20(21,22)23)14-6-4-13(5-7-14)16-8-9-25-27-16/h4-9,12,28H,10-11H2,1-3H3,(H,24,26)(H,25,27). The predicted molar refractivity (Wildman–Crippen MR) is 99.4 cm³/mol. The molecule has 1 unspecified atom stereocenters. The maximum Gasteiger partial charge on any atom is 0.421 e. The van der Waals surface area contributed by atoms with Crippen molar-refractivity contribution in [3.8, 4) is 11.3 Å². The van der Waals surface area contributed by atoms with Gasteiger partial charge in [0.25, 0.3) is 0 Å². The minimum Gasteiger partial charge on any atom is -0.376 e. The Morgan fingerprint density at radius 3 is 2.21 bits per heavy atom. The van der Waals surface area contributed by atoms with Crippen LogP contribution in [0.4, 0.5) is 13.2 Å². The van der Waals surface area contributed by atoms with Crippen molar-refractivity contribution in [3.63, 3.8) is 0 Å². The van der Waals surface area contributed by atoms with Crippen molar-refractivity contribution < 1.29 is 18.3 Å². The molecule has 1 aromatic carbocycles. The summed E-state index contributed by atoms with van der Waals surface area (Å²) in [6.45, 7) is 6.07. The second-order valence-corrected chi connectivity index (χ2v) is 8.15. The lowest BCUT2D eigenvalue weighted by atomic mass is 9.88. The topological polar surface area (TPSA) is 77.6 Å². The third-order valence-electron chi connectivity index (χ3n) is 4.45. The molecule has 0 aliphatic rings. The monoisotopic (exact) mass is 392 g/mol. The molecule has 8 heteroatoms. The first kappa shape index (κ1) is 20.1. The van der Waals surface area contributed by atoms with Crippen LogP contribution in [-0.2, 0) is 18.4 Å². The van der Waals surface area contributed by atoms with E-state index in [1.165, 1.54) is 24.3 Å². The van der Waals surface area contributed by atoms with Gasteiger partial charge in [-0.2, -0.15) is 18.3 Å². The highest BCUT2D eigenvalue weighted by Crippen LogP contribution is 2.41. The number of imidazole rings is 1. The number of aromatic nitrogens is 4. The number of nitrogens with one attached hydrogen (secondary N) is 2. The van der Waals surface area contributed by atoms with Gasteiger partial charge in [0.2, 0.25) is 0 Å². The van der Waals surface area contributed by atoms with E-state index in [2.05, 4.69) is 20.2 Å². The average Bonchev–Trinajstić information content (AvgIpc) is 3.24. The lowest BCUT2D eigenvalue weighted by molar-refractivity contribution is -0.266. The molecule has 0 saturated carbocycles. The van der Waals surface area contributed by atoms with Crippen molar-refractivity contribution in [1.29, 1.82) is 0 Å². The van der Waals surface area contributed by atoms with Gasteiger partial charge < -0.3 is 10.1 Å². The van der Waals surface area contributed by atoms with Gasteiger partial charge in [-0.3, -0.25) is 5.10 Å². The van der Waals surface area contributed by atoms with Gasteiger partial charge >= 0.3 is 6.18 Å². The van der Waals surface area contributed by atoms with E-state index in [1.807, 2.05) is 20.8 Å². The maximum atomic E-state index is 13.8. The van der Waals surface area contributed by atoms with E-state index in [1.54, 1.807) is 18.5 Å². The molecule has 0 amide bonds. The van der Waals surface area contributed by atoms with Crippen LogP contribution >= 0.6 is 0 Å². The third-order valence-corrected chi connectivity index (χ3v) is 4.45. The summed E-state index contributed by atoms with van der Waals surface area (Å²) in [6.07, 6.45) is -1.72. The molecule has 2 heterocycles. The SMILES string of the molecule is CC(C)(C)Cc1c[nH]c(CC(O)(c2ccc(-c3cc[nH]n3)cc2)C(F)(F)F)n1. The molecule has 0 spiro atoms. The summed E-state index contributed by atoms with van der Waals surface area (Å²) in [4.78, 5) is 7.02.